The quantitative estimate of drug-likeness (QED) is 0.616. The number of H-pyrrole nitrogens is 1. The summed E-state index contributed by atoms with van der Waals surface area (Å²) in [6.07, 6.45) is 1.45. The highest BCUT2D eigenvalue weighted by atomic mass is 16.5. The van der Waals surface area contributed by atoms with Crippen molar-refractivity contribution in [2.75, 3.05) is 24.2 Å². The number of nitrogens with one attached hydrogen (secondary N) is 2. The van der Waals surface area contributed by atoms with Gasteiger partial charge in [-0.25, -0.2) is 9.97 Å². The van der Waals surface area contributed by atoms with Crippen molar-refractivity contribution in [3.63, 3.8) is 0 Å². The van der Waals surface area contributed by atoms with Gasteiger partial charge in [-0.15, -0.1) is 0 Å². The van der Waals surface area contributed by atoms with Gasteiger partial charge in [0.15, 0.2) is 5.82 Å². The van der Waals surface area contributed by atoms with Crippen molar-refractivity contribution in [3.05, 3.63) is 24.5 Å². The Hall–Kier alpha value is -2.83. The van der Waals surface area contributed by atoms with Gasteiger partial charge in [0, 0.05) is 11.6 Å². The molecule has 2 aromatic heterocycles. The molecule has 0 radical (unpaired) electrons. The predicted molar refractivity (Wildman–Crippen MR) is 75.5 cm³/mol. The molecular formula is C13H12N6O. The summed E-state index contributed by atoms with van der Waals surface area (Å²) < 4.78 is 5.77. The fraction of sp³-hybridized carbons (Fsp3) is 0.154. The molecule has 100 valence electrons. The van der Waals surface area contributed by atoms with Crippen LogP contribution in [0, 0.1) is 0 Å². The smallest absolute Gasteiger partial charge is 0.159 e. The van der Waals surface area contributed by atoms with Gasteiger partial charge in [0.05, 0.1) is 23.1 Å². The second-order valence-corrected chi connectivity index (χ2v) is 4.57. The molecule has 20 heavy (non-hydrogen) atoms. The summed E-state index contributed by atoms with van der Waals surface area (Å²) in [7, 11) is 0. The molecule has 0 unspecified atom stereocenters. The van der Waals surface area contributed by atoms with Gasteiger partial charge >= 0.3 is 0 Å². The van der Waals surface area contributed by atoms with Crippen LogP contribution in [0.2, 0.25) is 0 Å². The standard InChI is InChI=1S/C13H12N6O/c14-11-5-8(16-6-17-11)7-3-9-12-10(4-7)20-2-1-15-13(12)19-18-9/h3-6H,1-2H2,(H2,14,16,17)(H2,15,18,19). The first kappa shape index (κ1) is 11.0. The van der Waals surface area contributed by atoms with Gasteiger partial charge in [-0.05, 0) is 12.1 Å². The molecule has 7 nitrogen and oxygen atoms in total. The molecule has 0 spiro atoms. The van der Waals surface area contributed by atoms with E-state index in [0.29, 0.717) is 12.4 Å². The SMILES string of the molecule is Nc1cc(-c2cc3c4c(n[nH]c4c2)NCCO3)ncn1. The van der Waals surface area contributed by atoms with Crippen molar-refractivity contribution >= 4 is 22.5 Å². The lowest BCUT2D eigenvalue weighted by atomic mass is 10.1. The number of anilines is 2. The summed E-state index contributed by atoms with van der Waals surface area (Å²) >= 11 is 0. The predicted octanol–water partition coefficient (Wildman–Crippen LogP) is 1.41. The largest absolute Gasteiger partial charge is 0.491 e. The van der Waals surface area contributed by atoms with Crippen molar-refractivity contribution in [2.24, 2.45) is 0 Å². The zero-order valence-electron chi connectivity index (χ0n) is 10.6. The monoisotopic (exact) mass is 268 g/mol. The topological polar surface area (TPSA) is 102 Å². The van der Waals surface area contributed by atoms with E-state index in [2.05, 4.69) is 25.5 Å². The summed E-state index contributed by atoms with van der Waals surface area (Å²) in [5.41, 5.74) is 8.28. The van der Waals surface area contributed by atoms with Crippen LogP contribution in [0.4, 0.5) is 11.6 Å². The van der Waals surface area contributed by atoms with E-state index in [-0.39, 0.29) is 0 Å². The lowest BCUT2D eigenvalue weighted by Gasteiger charge is -2.07. The van der Waals surface area contributed by atoms with Crippen LogP contribution < -0.4 is 15.8 Å². The molecule has 3 aromatic rings. The molecule has 0 saturated heterocycles. The summed E-state index contributed by atoms with van der Waals surface area (Å²) in [6.45, 7) is 1.32. The number of ether oxygens (including phenoxy) is 1. The molecule has 3 heterocycles. The number of benzene rings is 1. The van der Waals surface area contributed by atoms with E-state index in [1.165, 1.54) is 6.33 Å². The molecule has 0 saturated carbocycles. The van der Waals surface area contributed by atoms with E-state index in [0.717, 1.165) is 40.3 Å². The minimum absolute atomic E-state index is 0.439. The van der Waals surface area contributed by atoms with Crippen molar-refractivity contribution in [1.82, 2.24) is 20.2 Å². The van der Waals surface area contributed by atoms with Crippen molar-refractivity contribution in [3.8, 4) is 17.0 Å². The second-order valence-electron chi connectivity index (χ2n) is 4.57. The van der Waals surface area contributed by atoms with E-state index in [1.807, 2.05) is 12.1 Å². The van der Waals surface area contributed by atoms with Gasteiger partial charge < -0.3 is 15.8 Å². The number of rotatable bonds is 1. The zero-order valence-corrected chi connectivity index (χ0v) is 10.6. The van der Waals surface area contributed by atoms with Gasteiger partial charge in [0.1, 0.15) is 24.5 Å². The summed E-state index contributed by atoms with van der Waals surface area (Å²) in [5, 5.41) is 11.5. The van der Waals surface area contributed by atoms with Crippen molar-refractivity contribution in [1.29, 1.82) is 0 Å². The Kier molecular flexibility index (Phi) is 2.26. The number of nitrogens with zero attached hydrogens (tertiary/aromatic N) is 3. The van der Waals surface area contributed by atoms with Crippen LogP contribution in [-0.2, 0) is 0 Å². The van der Waals surface area contributed by atoms with Gasteiger partial charge in [-0.2, -0.15) is 5.10 Å². The van der Waals surface area contributed by atoms with E-state index < -0.39 is 0 Å². The number of hydrogen-bond acceptors (Lipinski definition) is 6. The molecule has 0 atom stereocenters. The van der Waals surface area contributed by atoms with Crippen LogP contribution in [0.25, 0.3) is 22.2 Å². The normalized spacial score (nSPS) is 13.6. The minimum Gasteiger partial charge on any atom is -0.491 e. The third-order valence-corrected chi connectivity index (χ3v) is 3.26. The van der Waals surface area contributed by atoms with Crippen LogP contribution in [0.3, 0.4) is 0 Å². The van der Waals surface area contributed by atoms with E-state index >= 15 is 0 Å². The summed E-state index contributed by atoms with van der Waals surface area (Å²) in [6, 6.07) is 5.67. The van der Waals surface area contributed by atoms with Crippen LogP contribution in [0.15, 0.2) is 24.5 Å². The molecule has 1 aliphatic heterocycles. The molecule has 7 heteroatoms. The fourth-order valence-corrected chi connectivity index (χ4v) is 2.37. The third kappa shape index (κ3) is 1.63. The van der Waals surface area contributed by atoms with Crippen LogP contribution >= 0.6 is 0 Å². The molecule has 0 bridgehead atoms. The maximum Gasteiger partial charge on any atom is 0.159 e. The fourth-order valence-electron chi connectivity index (χ4n) is 2.37. The number of aromatic amines is 1. The molecule has 4 N–H and O–H groups in total. The number of hydrogen-bond donors (Lipinski definition) is 3. The first-order valence-corrected chi connectivity index (χ1v) is 6.28. The van der Waals surface area contributed by atoms with Crippen LogP contribution in [0.5, 0.6) is 5.75 Å². The average Bonchev–Trinajstić information content (AvgIpc) is 2.74. The lowest BCUT2D eigenvalue weighted by Crippen LogP contribution is -2.08. The van der Waals surface area contributed by atoms with Crippen LogP contribution in [0.1, 0.15) is 0 Å². The molecule has 0 amide bonds. The van der Waals surface area contributed by atoms with Gasteiger partial charge in [0.25, 0.3) is 0 Å². The van der Waals surface area contributed by atoms with Crippen molar-refractivity contribution in [2.45, 2.75) is 0 Å². The maximum absolute atomic E-state index is 5.77. The Bertz CT molecular complexity index is 797. The molecule has 1 aliphatic rings. The minimum atomic E-state index is 0.439. The second kappa shape index (κ2) is 4.09. The van der Waals surface area contributed by atoms with E-state index in [9.17, 15) is 0 Å². The first-order chi connectivity index (χ1) is 9.81. The molecule has 0 aliphatic carbocycles. The number of aromatic nitrogens is 4. The molecule has 1 aromatic carbocycles. The lowest BCUT2D eigenvalue weighted by molar-refractivity contribution is 0.339. The van der Waals surface area contributed by atoms with E-state index in [4.69, 9.17) is 10.5 Å². The van der Waals surface area contributed by atoms with Gasteiger partial charge in [-0.3, -0.25) is 5.10 Å². The zero-order chi connectivity index (χ0) is 13.5. The van der Waals surface area contributed by atoms with Gasteiger partial charge in [0.2, 0.25) is 0 Å². The highest BCUT2D eigenvalue weighted by molar-refractivity contribution is 5.98. The van der Waals surface area contributed by atoms with E-state index in [1.54, 1.807) is 6.07 Å². The summed E-state index contributed by atoms with van der Waals surface area (Å²) in [5.74, 6) is 2.05. The summed E-state index contributed by atoms with van der Waals surface area (Å²) in [4.78, 5) is 8.15. The van der Waals surface area contributed by atoms with Crippen LogP contribution in [-0.4, -0.2) is 33.3 Å². The number of nitrogens with two attached hydrogens (primary N) is 1. The molecule has 0 fully saturated rings. The number of nitrogen functional groups attached to an aromatic ring is 1. The highest BCUT2D eigenvalue weighted by Gasteiger charge is 2.17. The average molecular weight is 268 g/mol. The molecule has 4 rings (SSSR count). The maximum atomic E-state index is 5.77. The highest BCUT2D eigenvalue weighted by Crippen LogP contribution is 2.36. The Labute approximate surface area is 114 Å². The third-order valence-electron chi connectivity index (χ3n) is 3.26. The Morgan fingerprint density at radius 2 is 2.15 bits per heavy atom. The Morgan fingerprint density at radius 1 is 1.20 bits per heavy atom. The first-order valence-electron chi connectivity index (χ1n) is 6.28. The molecular weight excluding hydrogens is 256 g/mol. The van der Waals surface area contributed by atoms with Gasteiger partial charge in [-0.1, -0.05) is 0 Å². The van der Waals surface area contributed by atoms with Crippen molar-refractivity contribution < 1.29 is 4.74 Å². The Balaban J connectivity index is 1.95. The Morgan fingerprint density at radius 3 is 3.05 bits per heavy atom.